The van der Waals surface area contributed by atoms with Gasteiger partial charge in [-0.3, -0.25) is 9.88 Å². The Bertz CT molecular complexity index is 733. The molecule has 3 aromatic heterocycles. The Hall–Kier alpha value is -2.48. The smallest absolute Gasteiger partial charge is 0.199 e. The molecule has 114 valence electrons. The van der Waals surface area contributed by atoms with Gasteiger partial charge >= 0.3 is 0 Å². The lowest BCUT2D eigenvalue weighted by molar-refractivity contribution is 0.225. The molecule has 0 radical (unpaired) electrons. The average molecular weight is 299 g/mol. The number of nitrogens with one attached hydrogen (secondary N) is 1. The van der Waals surface area contributed by atoms with E-state index in [1.807, 2.05) is 12.1 Å². The van der Waals surface area contributed by atoms with E-state index in [4.69, 9.17) is 4.42 Å². The van der Waals surface area contributed by atoms with Gasteiger partial charge in [0, 0.05) is 6.54 Å². The van der Waals surface area contributed by atoms with Crippen LogP contribution in [0.15, 0.2) is 35.2 Å². The molecule has 0 aliphatic carbocycles. The van der Waals surface area contributed by atoms with Crippen molar-refractivity contribution in [2.45, 2.75) is 18.9 Å². The van der Waals surface area contributed by atoms with Crippen molar-refractivity contribution < 1.29 is 4.42 Å². The fraction of sp³-hybridized carbons (Fsp3) is 0.429. The van der Waals surface area contributed by atoms with Crippen LogP contribution in [0.4, 0.5) is 5.82 Å². The van der Waals surface area contributed by atoms with Gasteiger partial charge in [0.05, 0.1) is 24.7 Å². The minimum absolute atomic E-state index is 0.198. The minimum Gasteiger partial charge on any atom is -0.468 e. The first-order valence-electron chi connectivity index (χ1n) is 7.45. The molecule has 1 atom stereocenters. The summed E-state index contributed by atoms with van der Waals surface area (Å²) in [5.74, 6) is 1.75. The Morgan fingerprint density at radius 3 is 3.00 bits per heavy atom. The number of hydrogen-bond donors (Lipinski definition) is 1. The molecule has 4 heterocycles. The Labute approximate surface area is 127 Å². The van der Waals surface area contributed by atoms with Crippen molar-refractivity contribution in [1.82, 2.24) is 29.9 Å². The highest BCUT2D eigenvalue weighted by atomic mass is 16.3. The van der Waals surface area contributed by atoms with Gasteiger partial charge < -0.3 is 9.73 Å². The second-order valence-electron chi connectivity index (χ2n) is 5.40. The molecule has 1 aliphatic heterocycles. The second-order valence-corrected chi connectivity index (χ2v) is 5.40. The van der Waals surface area contributed by atoms with E-state index in [2.05, 4.69) is 30.7 Å². The van der Waals surface area contributed by atoms with E-state index < -0.39 is 0 Å². The molecule has 4 rings (SSSR count). The summed E-state index contributed by atoms with van der Waals surface area (Å²) in [5, 5.41) is 14.9. The first kappa shape index (κ1) is 13.2. The van der Waals surface area contributed by atoms with E-state index in [1.165, 1.54) is 12.8 Å². The van der Waals surface area contributed by atoms with Gasteiger partial charge in [-0.15, -0.1) is 5.10 Å². The van der Waals surface area contributed by atoms with Gasteiger partial charge in [0.25, 0.3) is 0 Å². The molecule has 0 spiro atoms. The lowest BCUT2D eigenvalue weighted by Crippen LogP contribution is -2.31. The molecule has 1 unspecified atom stereocenters. The summed E-state index contributed by atoms with van der Waals surface area (Å²) in [5.41, 5.74) is 0.626. The Morgan fingerprint density at radius 1 is 1.27 bits per heavy atom. The van der Waals surface area contributed by atoms with Crippen LogP contribution in [0, 0.1) is 0 Å². The second kappa shape index (κ2) is 5.72. The maximum Gasteiger partial charge on any atom is 0.199 e. The predicted molar refractivity (Wildman–Crippen MR) is 79.3 cm³/mol. The molecular formula is C14H17N7O. The lowest BCUT2D eigenvalue weighted by atomic mass is 10.2. The molecule has 3 aromatic rings. The Balaban J connectivity index is 1.55. The van der Waals surface area contributed by atoms with Crippen LogP contribution in [-0.4, -0.2) is 49.6 Å². The summed E-state index contributed by atoms with van der Waals surface area (Å²) in [6, 6.07) is 4.16. The molecule has 1 N–H and O–H groups in total. The molecule has 0 amide bonds. The molecule has 8 nitrogen and oxygen atoms in total. The SMILES string of the molecule is c1coc(C(CNc2cncc3nnnn23)N2CCCC2)c1. The van der Waals surface area contributed by atoms with Crippen molar-refractivity contribution in [3.05, 3.63) is 36.5 Å². The van der Waals surface area contributed by atoms with Crippen LogP contribution in [0.3, 0.4) is 0 Å². The fourth-order valence-electron chi connectivity index (χ4n) is 2.94. The fourth-order valence-corrected chi connectivity index (χ4v) is 2.94. The Kier molecular flexibility index (Phi) is 3.43. The molecule has 8 heteroatoms. The van der Waals surface area contributed by atoms with Gasteiger partial charge in [-0.1, -0.05) is 0 Å². The number of anilines is 1. The number of aromatic nitrogens is 5. The molecule has 1 fully saturated rings. The number of hydrogen-bond acceptors (Lipinski definition) is 7. The average Bonchev–Trinajstić information content (AvgIpc) is 3.30. The number of nitrogens with zero attached hydrogens (tertiary/aromatic N) is 6. The van der Waals surface area contributed by atoms with Crippen LogP contribution < -0.4 is 5.32 Å². The van der Waals surface area contributed by atoms with Crippen LogP contribution in [0.2, 0.25) is 0 Å². The molecule has 0 bridgehead atoms. The van der Waals surface area contributed by atoms with Crippen LogP contribution >= 0.6 is 0 Å². The van der Waals surface area contributed by atoms with E-state index in [-0.39, 0.29) is 6.04 Å². The quantitative estimate of drug-likeness (QED) is 0.761. The highest BCUT2D eigenvalue weighted by Gasteiger charge is 2.25. The molecule has 1 saturated heterocycles. The van der Waals surface area contributed by atoms with Gasteiger partial charge in [0.15, 0.2) is 5.65 Å². The van der Waals surface area contributed by atoms with Crippen molar-refractivity contribution in [3.63, 3.8) is 0 Å². The highest BCUT2D eigenvalue weighted by molar-refractivity contribution is 5.43. The number of tetrazole rings is 1. The maximum absolute atomic E-state index is 5.62. The molecular weight excluding hydrogens is 282 g/mol. The minimum atomic E-state index is 0.198. The number of rotatable bonds is 5. The zero-order valence-corrected chi connectivity index (χ0v) is 12.1. The van der Waals surface area contributed by atoms with Crippen LogP contribution in [0.5, 0.6) is 0 Å². The molecule has 22 heavy (non-hydrogen) atoms. The van der Waals surface area contributed by atoms with E-state index in [0.29, 0.717) is 12.2 Å². The third-order valence-corrected chi connectivity index (χ3v) is 4.04. The summed E-state index contributed by atoms with van der Waals surface area (Å²) in [6.07, 6.45) is 7.56. The molecule has 0 aromatic carbocycles. The zero-order chi connectivity index (χ0) is 14.8. The number of likely N-dealkylation sites (tertiary alicyclic amines) is 1. The van der Waals surface area contributed by atoms with E-state index in [0.717, 1.165) is 24.7 Å². The summed E-state index contributed by atoms with van der Waals surface area (Å²) in [6.45, 7) is 2.91. The van der Waals surface area contributed by atoms with Crippen molar-refractivity contribution in [2.75, 3.05) is 25.0 Å². The van der Waals surface area contributed by atoms with Crippen molar-refractivity contribution >= 4 is 11.5 Å². The monoisotopic (exact) mass is 299 g/mol. The van der Waals surface area contributed by atoms with E-state index in [1.54, 1.807) is 23.2 Å². The predicted octanol–water partition coefficient (Wildman–Crippen LogP) is 1.36. The summed E-state index contributed by atoms with van der Waals surface area (Å²) in [7, 11) is 0. The third-order valence-electron chi connectivity index (χ3n) is 4.04. The largest absolute Gasteiger partial charge is 0.468 e. The van der Waals surface area contributed by atoms with Crippen molar-refractivity contribution in [3.8, 4) is 0 Å². The van der Waals surface area contributed by atoms with Gasteiger partial charge in [-0.2, -0.15) is 4.52 Å². The highest BCUT2D eigenvalue weighted by Crippen LogP contribution is 2.25. The lowest BCUT2D eigenvalue weighted by Gasteiger charge is -2.26. The summed E-state index contributed by atoms with van der Waals surface area (Å²) < 4.78 is 7.27. The normalized spacial score (nSPS) is 17.1. The zero-order valence-electron chi connectivity index (χ0n) is 12.1. The number of fused-ring (bicyclic) bond motifs is 1. The first-order valence-corrected chi connectivity index (χ1v) is 7.45. The van der Waals surface area contributed by atoms with Gasteiger partial charge in [-0.25, -0.2) is 0 Å². The Morgan fingerprint density at radius 2 is 2.18 bits per heavy atom. The maximum atomic E-state index is 5.62. The summed E-state index contributed by atoms with van der Waals surface area (Å²) >= 11 is 0. The van der Waals surface area contributed by atoms with E-state index in [9.17, 15) is 0 Å². The van der Waals surface area contributed by atoms with Gasteiger partial charge in [0.2, 0.25) is 0 Å². The van der Waals surface area contributed by atoms with Crippen molar-refractivity contribution in [1.29, 1.82) is 0 Å². The van der Waals surface area contributed by atoms with E-state index >= 15 is 0 Å². The van der Waals surface area contributed by atoms with Crippen LogP contribution in [0.25, 0.3) is 5.65 Å². The number of furan rings is 1. The van der Waals surface area contributed by atoms with Gasteiger partial charge in [0.1, 0.15) is 11.6 Å². The topological polar surface area (TPSA) is 84.4 Å². The molecule has 1 aliphatic rings. The van der Waals surface area contributed by atoms with Crippen molar-refractivity contribution in [2.24, 2.45) is 0 Å². The van der Waals surface area contributed by atoms with Crippen LogP contribution in [-0.2, 0) is 0 Å². The third kappa shape index (κ3) is 2.41. The van der Waals surface area contributed by atoms with Crippen LogP contribution in [0.1, 0.15) is 24.6 Å². The van der Waals surface area contributed by atoms with Gasteiger partial charge in [-0.05, 0) is 48.5 Å². The molecule has 0 saturated carbocycles. The standard InChI is InChI=1S/C14H17N7O/c1-2-6-20(5-1)11(12-4-3-7-22-12)8-16-13-9-15-10-14-17-18-19-21(13)14/h3-4,7,9-11,16H,1-2,5-6,8H2. The first-order chi connectivity index (χ1) is 10.9. The summed E-state index contributed by atoms with van der Waals surface area (Å²) in [4.78, 5) is 6.60.